The van der Waals surface area contributed by atoms with Gasteiger partial charge in [-0.2, -0.15) is 0 Å². The Hall–Kier alpha value is -0.940. The molecule has 0 aliphatic heterocycles. The van der Waals surface area contributed by atoms with E-state index in [0.29, 0.717) is 13.2 Å². The van der Waals surface area contributed by atoms with Crippen molar-refractivity contribution in [3.8, 4) is 0 Å². The Balaban J connectivity index is 2.03. The fourth-order valence-corrected chi connectivity index (χ4v) is 1.30. The summed E-state index contributed by atoms with van der Waals surface area (Å²) < 4.78 is 5.56. The third-order valence-corrected chi connectivity index (χ3v) is 2.32. The summed E-state index contributed by atoms with van der Waals surface area (Å²) in [7, 11) is 2.02. The van der Waals surface area contributed by atoms with E-state index >= 15 is 0 Å². The van der Waals surface area contributed by atoms with Gasteiger partial charge in [0.25, 0.3) is 0 Å². The van der Waals surface area contributed by atoms with Gasteiger partial charge in [0.05, 0.1) is 19.8 Å². The van der Waals surface area contributed by atoms with Gasteiger partial charge in [-0.25, -0.2) is 5.90 Å². The molecule has 0 radical (unpaired) electrons. The van der Waals surface area contributed by atoms with Gasteiger partial charge in [-0.05, 0) is 12.6 Å². The Morgan fingerprint density at radius 2 is 1.81 bits per heavy atom. The molecule has 2 N–H and O–H groups in total. The van der Waals surface area contributed by atoms with Crippen LogP contribution in [-0.4, -0.2) is 38.3 Å². The first kappa shape index (κ1) is 13.1. The van der Waals surface area contributed by atoms with Crippen LogP contribution in [0.4, 0.5) is 0 Å². The van der Waals surface area contributed by atoms with Gasteiger partial charge in [0.2, 0.25) is 0 Å². The van der Waals surface area contributed by atoms with Gasteiger partial charge in [-0.1, -0.05) is 30.3 Å². The molecule has 16 heavy (non-hydrogen) atoms. The highest BCUT2D eigenvalue weighted by Gasteiger charge is 1.97. The fraction of sp³-hybridized carbons (Fsp3) is 0.500. The molecule has 4 nitrogen and oxygen atoms in total. The van der Waals surface area contributed by atoms with Crippen LogP contribution in [-0.2, 0) is 16.2 Å². The average Bonchev–Trinajstić information content (AvgIpc) is 2.33. The molecule has 0 fully saturated rings. The van der Waals surface area contributed by atoms with Crippen LogP contribution in [0, 0.1) is 0 Å². The minimum atomic E-state index is 0.551. The van der Waals surface area contributed by atoms with Crippen molar-refractivity contribution in [1.82, 2.24) is 4.90 Å². The van der Waals surface area contributed by atoms with Crippen molar-refractivity contribution in [2.45, 2.75) is 6.61 Å². The highest BCUT2D eigenvalue weighted by molar-refractivity contribution is 5.13. The minimum Gasteiger partial charge on any atom is -0.375 e. The van der Waals surface area contributed by atoms with Crippen LogP contribution in [0.3, 0.4) is 0 Å². The van der Waals surface area contributed by atoms with Crippen molar-refractivity contribution in [2.75, 3.05) is 33.4 Å². The Kier molecular flexibility index (Phi) is 6.76. The van der Waals surface area contributed by atoms with Gasteiger partial charge >= 0.3 is 0 Å². The minimum absolute atomic E-state index is 0.551. The van der Waals surface area contributed by atoms with Crippen LogP contribution in [0.1, 0.15) is 5.56 Å². The van der Waals surface area contributed by atoms with Gasteiger partial charge in [-0.3, -0.25) is 0 Å². The number of hydrogen-bond donors (Lipinski definition) is 1. The summed E-state index contributed by atoms with van der Waals surface area (Å²) in [5.41, 5.74) is 1.20. The molecule has 0 atom stereocenters. The van der Waals surface area contributed by atoms with E-state index in [0.717, 1.165) is 19.7 Å². The van der Waals surface area contributed by atoms with Crippen molar-refractivity contribution >= 4 is 0 Å². The van der Waals surface area contributed by atoms with E-state index in [1.165, 1.54) is 5.56 Å². The summed E-state index contributed by atoms with van der Waals surface area (Å²) in [6.45, 7) is 3.65. The number of rotatable bonds is 8. The van der Waals surface area contributed by atoms with Crippen molar-refractivity contribution in [1.29, 1.82) is 0 Å². The van der Waals surface area contributed by atoms with E-state index < -0.39 is 0 Å². The smallest absolute Gasteiger partial charge is 0.0806 e. The Bertz CT molecular complexity index is 267. The van der Waals surface area contributed by atoms with Gasteiger partial charge in [0, 0.05) is 13.1 Å². The predicted molar refractivity (Wildman–Crippen MR) is 63.7 cm³/mol. The van der Waals surface area contributed by atoms with E-state index in [1.807, 2.05) is 25.2 Å². The molecule has 0 bridgehead atoms. The first-order chi connectivity index (χ1) is 7.83. The predicted octanol–water partition coefficient (Wildman–Crippen LogP) is 1.03. The Morgan fingerprint density at radius 3 is 2.50 bits per heavy atom. The van der Waals surface area contributed by atoms with Crippen LogP contribution in [0.5, 0.6) is 0 Å². The molecule has 1 rings (SSSR count). The van der Waals surface area contributed by atoms with Gasteiger partial charge in [-0.15, -0.1) is 0 Å². The van der Waals surface area contributed by atoms with E-state index in [-0.39, 0.29) is 0 Å². The zero-order chi connectivity index (χ0) is 11.6. The number of ether oxygens (including phenoxy) is 1. The highest BCUT2D eigenvalue weighted by atomic mass is 16.6. The molecule has 0 saturated heterocycles. The molecule has 0 heterocycles. The number of likely N-dealkylation sites (N-methyl/N-ethyl adjacent to an activating group) is 1. The normalized spacial score (nSPS) is 10.9. The average molecular weight is 224 g/mol. The molecule has 1 aromatic carbocycles. The lowest BCUT2D eigenvalue weighted by Crippen LogP contribution is -2.27. The Labute approximate surface area is 96.9 Å². The topological polar surface area (TPSA) is 47.7 Å². The summed E-state index contributed by atoms with van der Waals surface area (Å²) >= 11 is 0. The van der Waals surface area contributed by atoms with Crippen LogP contribution in [0.2, 0.25) is 0 Å². The first-order valence-electron chi connectivity index (χ1n) is 5.45. The Morgan fingerprint density at radius 1 is 1.12 bits per heavy atom. The van der Waals surface area contributed by atoms with Crippen molar-refractivity contribution in [3.63, 3.8) is 0 Å². The molecule has 0 spiro atoms. The largest absolute Gasteiger partial charge is 0.375 e. The number of benzene rings is 1. The number of nitrogens with zero attached hydrogens (tertiary/aromatic N) is 1. The lowest BCUT2D eigenvalue weighted by Gasteiger charge is -2.15. The molecule has 1 aromatic rings. The van der Waals surface area contributed by atoms with Gasteiger partial charge in [0.15, 0.2) is 0 Å². The zero-order valence-corrected chi connectivity index (χ0v) is 9.76. The maximum Gasteiger partial charge on any atom is 0.0806 e. The van der Waals surface area contributed by atoms with E-state index in [1.54, 1.807) is 0 Å². The van der Waals surface area contributed by atoms with Crippen molar-refractivity contribution < 1.29 is 9.57 Å². The third kappa shape index (κ3) is 5.82. The van der Waals surface area contributed by atoms with Crippen molar-refractivity contribution in [3.05, 3.63) is 35.9 Å². The van der Waals surface area contributed by atoms with Crippen LogP contribution < -0.4 is 5.90 Å². The summed E-state index contributed by atoms with van der Waals surface area (Å²) in [4.78, 5) is 6.63. The van der Waals surface area contributed by atoms with Crippen molar-refractivity contribution in [2.24, 2.45) is 5.90 Å². The third-order valence-electron chi connectivity index (χ3n) is 2.32. The first-order valence-corrected chi connectivity index (χ1v) is 5.45. The van der Waals surface area contributed by atoms with E-state index in [4.69, 9.17) is 10.6 Å². The van der Waals surface area contributed by atoms with Gasteiger partial charge in [0.1, 0.15) is 0 Å². The lowest BCUT2D eigenvalue weighted by atomic mass is 10.2. The fourth-order valence-electron chi connectivity index (χ4n) is 1.30. The molecular weight excluding hydrogens is 204 g/mol. The second-order valence-corrected chi connectivity index (χ2v) is 3.71. The number of nitrogens with two attached hydrogens (primary N) is 1. The molecule has 0 unspecified atom stereocenters. The monoisotopic (exact) mass is 224 g/mol. The maximum absolute atomic E-state index is 5.56. The maximum atomic E-state index is 5.56. The standard InChI is InChI=1S/C12H20N2O2/c1-14(8-10-16-13)7-9-15-11-12-5-3-2-4-6-12/h2-6H,7-11,13H2,1H3. The van der Waals surface area contributed by atoms with Gasteiger partial charge < -0.3 is 14.5 Å². The zero-order valence-electron chi connectivity index (χ0n) is 9.76. The molecular formula is C12H20N2O2. The lowest BCUT2D eigenvalue weighted by molar-refractivity contribution is 0.0784. The summed E-state index contributed by atoms with van der Waals surface area (Å²) in [6, 6.07) is 10.2. The molecule has 0 aromatic heterocycles. The number of hydrogen-bond acceptors (Lipinski definition) is 4. The second-order valence-electron chi connectivity index (χ2n) is 3.71. The molecule has 0 saturated carbocycles. The van der Waals surface area contributed by atoms with Crippen LogP contribution in [0.25, 0.3) is 0 Å². The molecule has 0 aliphatic rings. The van der Waals surface area contributed by atoms with Crippen LogP contribution in [0.15, 0.2) is 30.3 Å². The summed E-state index contributed by atoms with van der Waals surface area (Å²) in [6.07, 6.45) is 0. The highest BCUT2D eigenvalue weighted by Crippen LogP contribution is 2.00. The quantitative estimate of drug-likeness (QED) is 0.529. The second kappa shape index (κ2) is 8.24. The molecule has 0 amide bonds. The summed E-state index contributed by atoms with van der Waals surface area (Å²) in [5.74, 6) is 4.95. The molecule has 4 heteroatoms. The molecule has 90 valence electrons. The van der Waals surface area contributed by atoms with Crippen LogP contribution >= 0.6 is 0 Å². The molecule has 0 aliphatic carbocycles. The summed E-state index contributed by atoms with van der Waals surface area (Å²) in [5, 5.41) is 0. The van der Waals surface area contributed by atoms with E-state index in [9.17, 15) is 0 Å². The van der Waals surface area contributed by atoms with E-state index in [2.05, 4.69) is 21.9 Å². The SMILES string of the molecule is CN(CCON)CCOCc1ccccc1.